The van der Waals surface area contributed by atoms with Gasteiger partial charge in [-0.1, -0.05) is 17.7 Å². The Morgan fingerprint density at radius 2 is 2.10 bits per heavy atom. The summed E-state index contributed by atoms with van der Waals surface area (Å²) in [4.78, 5) is 15.1. The second-order valence-corrected chi connectivity index (χ2v) is 8.22. The highest BCUT2D eigenvalue weighted by atomic mass is 35.5. The monoisotopic (exact) mass is 445 g/mol. The molecule has 1 atom stereocenters. The van der Waals surface area contributed by atoms with E-state index in [1.807, 2.05) is 55.6 Å². The number of carboxylic acid groups (broad SMARTS) is 1. The van der Waals surface area contributed by atoms with Crippen molar-refractivity contribution in [2.75, 3.05) is 6.61 Å². The van der Waals surface area contributed by atoms with E-state index in [0.717, 1.165) is 33.9 Å². The van der Waals surface area contributed by atoms with Gasteiger partial charge in [0.15, 0.2) is 0 Å². The second-order valence-electron chi connectivity index (χ2n) is 7.06. The number of nitrogens with zero attached hydrogens (tertiary/aromatic N) is 1. The fraction of sp³-hybridized carbons (Fsp3) is 0.304. The van der Waals surface area contributed by atoms with Crippen LogP contribution in [0.1, 0.15) is 30.9 Å². The standard InChI is InChI=1S/C23H24ClNO4S/c1-15-11-19(6-3-17(15)4-8-23(26)27)28-10-9-16(2)29-22-7-5-18(24)12-20(22)21-13-30-14-25-21/h3,5-7,11-14,16H,4,8-10H2,1-2H3,(H,26,27). The minimum Gasteiger partial charge on any atom is -0.493 e. The van der Waals surface area contributed by atoms with Crippen LogP contribution in [0.4, 0.5) is 0 Å². The van der Waals surface area contributed by atoms with E-state index in [9.17, 15) is 4.79 Å². The third kappa shape index (κ3) is 6.21. The topological polar surface area (TPSA) is 68.7 Å². The van der Waals surface area contributed by atoms with E-state index in [4.69, 9.17) is 26.2 Å². The first-order valence-corrected chi connectivity index (χ1v) is 11.0. The maximum Gasteiger partial charge on any atom is 0.303 e. The smallest absolute Gasteiger partial charge is 0.303 e. The normalized spacial score (nSPS) is 11.8. The van der Waals surface area contributed by atoms with Crippen molar-refractivity contribution >= 4 is 28.9 Å². The maximum atomic E-state index is 10.7. The number of aryl methyl sites for hydroxylation is 2. The largest absolute Gasteiger partial charge is 0.493 e. The SMILES string of the molecule is Cc1cc(OCCC(C)Oc2ccc(Cl)cc2-c2cscn2)ccc1CCC(=O)O. The van der Waals surface area contributed by atoms with Crippen molar-refractivity contribution in [2.45, 2.75) is 39.2 Å². The van der Waals surface area contributed by atoms with Gasteiger partial charge in [0, 0.05) is 28.8 Å². The molecular formula is C23H24ClNO4S. The lowest BCUT2D eigenvalue weighted by atomic mass is 10.0. The summed E-state index contributed by atoms with van der Waals surface area (Å²) in [5.74, 6) is 0.729. The van der Waals surface area contributed by atoms with Crippen LogP contribution in [-0.4, -0.2) is 28.8 Å². The third-order valence-electron chi connectivity index (χ3n) is 4.69. The van der Waals surface area contributed by atoms with Gasteiger partial charge in [-0.05, 0) is 61.7 Å². The molecule has 0 radical (unpaired) electrons. The zero-order valence-electron chi connectivity index (χ0n) is 16.9. The van der Waals surface area contributed by atoms with E-state index in [1.165, 1.54) is 11.3 Å². The Bertz CT molecular complexity index is 991. The van der Waals surface area contributed by atoms with E-state index in [2.05, 4.69) is 4.98 Å². The molecule has 158 valence electrons. The summed E-state index contributed by atoms with van der Waals surface area (Å²) in [6, 6.07) is 11.3. The van der Waals surface area contributed by atoms with E-state index >= 15 is 0 Å². The number of benzene rings is 2. The van der Waals surface area contributed by atoms with Crippen LogP contribution >= 0.6 is 22.9 Å². The van der Waals surface area contributed by atoms with Gasteiger partial charge in [0.1, 0.15) is 11.5 Å². The molecule has 0 saturated carbocycles. The number of carboxylic acids is 1. The molecule has 2 aromatic carbocycles. The van der Waals surface area contributed by atoms with E-state index in [-0.39, 0.29) is 12.5 Å². The molecular weight excluding hydrogens is 422 g/mol. The first-order valence-electron chi connectivity index (χ1n) is 9.71. The van der Waals surface area contributed by atoms with Crippen LogP contribution in [0.5, 0.6) is 11.5 Å². The van der Waals surface area contributed by atoms with Crippen LogP contribution in [0.25, 0.3) is 11.3 Å². The van der Waals surface area contributed by atoms with Crippen LogP contribution in [-0.2, 0) is 11.2 Å². The van der Waals surface area contributed by atoms with Crippen LogP contribution in [0, 0.1) is 6.92 Å². The lowest BCUT2D eigenvalue weighted by molar-refractivity contribution is -0.136. The zero-order valence-corrected chi connectivity index (χ0v) is 18.5. The summed E-state index contributed by atoms with van der Waals surface area (Å²) in [6.45, 7) is 4.48. The predicted octanol–water partition coefficient (Wildman–Crippen LogP) is 6.03. The van der Waals surface area contributed by atoms with Gasteiger partial charge in [0.25, 0.3) is 0 Å². The van der Waals surface area contributed by atoms with Crippen molar-refractivity contribution in [1.82, 2.24) is 4.98 Å². The number of carbonyl (C=O) groups is 1. The molecule has 0 fully saturated rings. The maximum absolute atomic E-state index is 10.7. The Hall–Kier alpha value is -2.57. The molecule has 0 amide bonds. The van der Waals surface area contributed by atoms with Gasteiger partial charge in [0.05, 0.1) is 23.9 Å². The third-order valence-corrected chi connectivity index (χ3v) is 5.51. The summed E-state index contributed by atoms with van der Waals surface area (Å²) < 4.78 is 12.0. The highest BCUT2D eigenvalue weighted by Gasteiger charge is 2.13. The Kier molecular flexibility index (Phi) is 7.71. The number of hydrogen-bond donors (Lipinski definition) is 1. The molecule has 1 unspecified atom stereocenters. The van der Waals surface area contributed by atoms with Gasteiger partial charge in [0.2, 0.25) is 0 Å². The molecule has 0 aliphatic heterocycles. The molecule has 7 heteroatoms. The number of aliphatic carboxylic acids is 1. The van der Waals surface area contributed by atoms with Gasteiger partial charge in [-0.25, -0.2) is 4.98 Å². The van der Waals surface area contributed by atoms with Crippen molar-refractivity contribution in [2.24, 2.45) is 0 Å². The average molecular weight is 446 g/mol. The number of aromatic nitrogens is 1. The van der Waals surface area contributed by atoms with E-state index in [1.54, 1.807) is 5.51 Å². The molecule has 0 aliphatic rings. The zero-order chi connectivity index (χ0) is 21.5. The molecule has 1 heterocycles. The fourth-order valence-corrected chi connectivity index (χ4v) is 3.77. The molecule has 1 N–H and O–H groups in total. The molecule has 0 spiro atoms. The van der Waals surface area contributed by atoms with Crippen LogP contribution in [0.3, 0.4) is 0 Å². The summed E-state index contributed by atoms with van der Waals surface area (Å²) in [5.41, 5.74) is 5.57. The Labute approximate surface area is 185 Å². The van der Waals surface area contributed by atoms with Crippen molar-refractivity contribution in [3.63, 3.8) is 0 Å². The quantitative estimate of drug-likeness (QED) is 0.413. The van der Waals surface area contributed by atoms with Crippen LogP contribution in [0.2, 0.25) is 5.02 Å². The Morgan fingerprint density at radius 3 is 2.80 bits per heavy atom. The molecule has 5 nitrogen and oxygen atoms in total. The first-order chi connectivity index (χ1) is 14.4. The first kappa shape index (κ1) is 22.1. The van der Waals surface area contributed by atoms with Crippen molar-refractivity contribution in [1.29, 1.82) is 0 Å². The van der Waals surface area contributed by atoms with Crippen molar-refractivity contribution < 1.29 is 19.4 Å². The van der Waals surface area contributed by atoms with Crippen molar-refractivity contribution in [3.8, 4) is 22.8 Å². The average Bonchev–Trinajstić information content (AvgIpc) is 3.23. The molecule has 3 rings (SSSR count). The molecule has 3 aromatic rings. The van der Waals surface area contributed by atoms with E-state index in [0.29, 0.717) is 24.5 Å². The minimum atomic E-state index is -0.790. The van der Waals surface area contributed by atoms with Gasteiger partial charge >= 0.3 is 5.97 Å². The summed E-state index contributed by atoms with van der Waals surface area (Å²) in [6.07, 6.45) is 1.30. The molecule has 0 aliphatic carbocycles. The highest BCUT2D eigenvalue weighted by molar-refractivity contribution is 7.07. The lowest BCUT2D eigenvalue weighted by Gasteiger charge is -2.18. The molecule has 0 bridgehead atoms. The number of hydrogen-bond acceptors (Lipinski definition) is 5. The van der Waals surface area contributed by atoms with Crippen LogP contribution in [0.15, 0.2) is 47.3 Å². The highest BCUT2D eigenvalue weighted by Crippen LogP contribution is 2.33. The molecule has 30 heavy (non-hydrogen) atoms. The Balaban J connectivity index is 1.54. The Morgan fingerprint density at radius 1 is 1.27 bits per heavy atom. The fourth-order valence-electron chi connectivity index (χ4n) is 3.05. The minimum absolute atomic E-state index is 0.0560. The van der Waals surface area contributed by atoms with Crippen LogP contribution < -0.4 is 9.47 Å². The predicted molar refractivity (Wildman–Crippen MR) is 120 cm³/mol. The van der Waals surface area contributed by atoms with Gasteiger partial charge in [-0.15, -0.1) is 11.3 Å². The number of halogens is 1. The van der Waals surface area contributed by atoms with Gasteiger partial charge in [-0.2, -0.15) is 0 Å². The van der Waals surface area contributed by atoms with Gasteiger partial charge in [-0.3, -0.25) is 4.79 Å². The summed E-state index contributed by atoms with van der Waals surface area (Å²) in [5, 5.41) is 11.4. The summed E-state index contributed by atoms with van der Waals surface area (Å²) >= 11 is 7.68. The molecule has 1 aromatic heterocycles. The van der Waals surface area contributed by atoms with E-state index < -0.39 is 5.97 Å². The number of rotatable bonds is 10. The lowest BCUT2D eigenvalue weighted by Crippen LogP contribution is -2.16. The molecule has 0 saturated heterocycles. The van der Waals surface area contributed by atoms with Gasteiger partial charge < -0.3 is 14.6 Å². The summed E-state index contributed by atoms with van der Waals surface area (Å²) in [7, 11) is 0. The number of ether oxygens (including phenoxy) is 2. The second kappa shape index (κ2) is 10.5. The number of thiazole rings is 1. The van der Waals surface area contributed by atoms with Crippen molar-refractivity contribution in [3.05, 3.63) is 63.4 Å².